The van der Waals surface area contributed by atoms with Crippen LogP contribution in [0.4, 0.5) is 45.5 Å². The van der Waals surface area contributed by atoms with Crippen LogP contribution in [0.5, 0.6) is 0 Å². The van der Waals surface area contributed by atoms with Crippen LogP contribution in [0.2, 0.25) is 0 Å². The van der Waals surface area contributed by atoms with Crippen LogP contribution >= 0.6 is 0 Å². The topological polar surface area (TPSA) is 14.7 Å². The molecule has 4 nitrogen and oxygen atoms in total. The highest BCUT2D eigenvalue weighted by molar-refractivity contribution is 6.94. The van der Waals surface area contributed by atoms with Crippen molar-refractivity contribution in [1.29, 1.82) is 0 Å². The Hall–Kier alpha value is -7.76. The van der Waals surface area contributed by atoms with E-state index in [9.17, 15) is 0 Å². The Morgan fingerprint density at radius 1 is 0.397 bits per heavy atom. The van der Waals surface area contributed by atoms with E-state index in [1.807, 2.05) is 0 Å². The fourth-order valence-electron chi connectivity index (χ4n) is 13.7. The van der Waals surface area contributed by atoms with Crippen LogP contribution < -0.4 is 25.5 Å². The van der Waals surface area contributed by atoms with Crippen molar-refractivity contribution in [3.8, 4) is 16.8 Å². The van der Waals surface area contributed by atoms with Crippen molar-refractivity contribution in [2.75, 3.05) is 14.6 Å². The molecule has 0 bridgehead atoms. The van der Waals surface area contributed by atoms with Crippen molar-refractivity contribution < 1.29 is 0 Å². The van der Waals surface area contributed by atoms with Gasteiger partial charge in [0, 0.05) is 66.7 Å². The minimum atomic E-state index is -0.316. The van der Waals surface area contributed by atoms with Gasteiger partial charge in [-0.3, -0.25) is 0 Å². The molecule has 0 amide bonds. The molecule has 0 saturated heterocycles. The van der Waals surface area contributed by atoms with Gasteiger partial charge in [-0.25, -0.2) is 0 Å². The van der Waals surface area contributed by atoms with E-state index >= 15 is 0 Å². The highest BCUT2D eigenvalue weighted by Crippen LogP contribution is 2.61. The summed E-state index contributed by atoms with van der Waals surface area (Å²) in [4.78, 5) is 7.85. The van der Waals surface area contributed by atoms with Gasteiger partial charge in [0.1, 0.15) is 0 Å². The summed E-state index contributed by atoms with van der Waals surface area (Å²) in [6.07, 6.45) is 0. The molecule has 5 heteroatoms. The van der Waals surface area contributed by atoms with Crippen LogP contribution in [0.25, 0.3) is 38.6 Å². The first-order chi connectivity index (χ1) is 33.1. The van der Waals surface area contributed by atoms with Crippen LogP contribution in [0.15, 0.2) is 188 Å². The van der Waals surface area contributed by atoms with Crippen molar-refractivity contribution in [2.45, 2.75) is 57.8 Å². The summed E-state index contributed by atoms with van der Waals surface area (Å²) in [6, 6.07) is 71.3. The average Bonchev–Trinajstić information content (AvgIpc) is 3.72. The number of fused-ring (bicyclic) bond motifs is 8. The van der Waals surface area contributed by atoms with E-state index in [-0.39, 0.29) is 23.1 Å². The zero-order valence-corrected chi connectivity index (χ0v) is 39.3. The maximum atomic E-state index is 2.76. The number of rotatable bonds is 4. The zero-order valence-electron chi connectivity index (χ0n) is 39.3. The van der Waals surface area contributed by atoms with Crippen molar-refractivity contribution in [3.05, 3.63) is 221 Å². The summed E-state index contributed by atoms with van der Waals surface area (Å²) in [5.74, 6) is 0. The van der Waals surface area contributed by atoms with E-state index < -0.39 is 0 Å². The number of anilines is 8. The van der Waals surface area contributed by atoms with Gasteiger partial charge in [0.05, 0.1) is 28.1 Å². The molecule has 0 aliphatic carbocycles. The van der Waals surface area contributed by atoms with Gasteiger partial charge in [-0.1, -0.05) is 169 Å². The monoisotopic (exact) mass is 872 g/mol. The van der Waals surface area contributed by atoms with E-state index in [1.165, 1.54) is 111 Å². The summed E-state index contributed by atoms with van der Waals surface area (Å²) in [5.41, 5.74) is 26.4. The molecule has 5 aliphatic rings. The van der Waals surface area contributed by atoms with Gasteiger partial charge in [0.2, 0.25) is 0 Å². The summed E-state index contributed by atoms with van der Waals surface area (Å²) in [6.45, 7) is 14.5. The minimum absolute atomic E-state index is 0.0702. The summed E-state index contributed by atoms with van der Waals surface area (Å²) in [5, 5.41) is 2.62. The number of aromatic nitrogens is 1. The molecule has 0 fully saturated rings. The second-order valence-corrected chi connectivity index (χ2v) is 21.3. The van der Waals surface area contributed by atoms with Crippen LogP contribution in [-0.4, -0.2) is 11.4 Å². The maximum absolute atomic E-state index is 2.76. The highest BCUT2D eigenvalue weighted by Gasteiger charge is 2.52. The molecule has 1 aromatic heterocycles. The van der Waals surface area contributed by atoms with Crippen LogP contribution in [0.1, 0.15) is 74.9 Å². The van der Waals surface area contributed by atoms with Gasteiger partial charge in [-0.15, -0.1) is 0 Å². The number of para-hydroxylation sites is 7. The van der Waals surface area contributed by atoms with E-state index in [2.05, 4.69) is 249 Å². The first-order valence-corrected chi connectivity index (χ1v) is 24.3. The Kier molecular flexibility index (Phi) is 7.23. The molecule has 5 aliphatic heterocycles. The second-order valence-electron chi connectivity index (χ2n) is 21.3. The molecule has 0 spiro atoms. The second kappa shape index (κ2) is 12.8. The molecular weight excluding hydrogens is 824 g/mol. The van der Waals surface area contributed by atoms with Gasteiger partial charge < -0.3 is 19.2 Å². The molecule has 6 heterocycles. The third-order valence-electron chi connectivity index (χ3n) is 16.8. The predicted octanol–water partition coefficient (Wildman–Crippen LogP) is 14.9. The first kappa shape index (κ1) is 38.4. The van der Waals surface area contributed by atoms with Crippen molar-refractivity contribution in [1.82, 2.24) is 4.57 Å². The number of hydrogen-bond donors (Lipinski definition) is 0. The fraction of sp³-hybridized carbons (Fsp3) is 0.143. The lowest BCUT2D eigenvalue weighted by Crippen LogP contribution is -2.62. The first-order valence-electron chi connectivity index (χ1n) is 24.3. The van der Waals surface area contributed by atoms with Gasteiger partial charge in [0.25, 0.3) is 0 Å². The Bertz CT molecular complexity index is 3770. The van der Waals surface area contributed by atoms with Crippen LogP contribution in [0, 0.1) is 0 Å². The molecule has 9 aromatic carbocycles. The molecule has 15 rings (SSSR count). The van der Waals surface area contributed by atoms with E-state index in [0.29, 0.717) is 0 Å². The molecular formula is C63H49BN4. The van der Waals surface area contributed by atoms with Gasteiger partial charge in [-0.05, 0) is 111 Å². The number of nitrogens with zero attached hydrogens (tertiary/aromatic N) is 4. The fourth-order valence-corrected chi connectivity index (χ4v) is 13.7. The van der Waals surface area contributed by atoms with Crippen molar-refractivity contribution in [2.24, 2.45) is 0 Å². The zero-order chi connectivity index (χ0) is 45.6. The molecule has 68 heavy (non-hydrogen) atoms. The highest BCUT2D eigenvalue weighted by atomic mass is 15.2. The van der Waals surface area contributed by atoms with E-state index in [1.54, 1.807) is 0 Å². The number of benzene rings is 9. The normalized spacial score (nSPS) is 16.4. The van der Waals surface area contributed by atoms with Crippen molar-refractivity contribution in [3.63, 3.8) is 0 Å². The summed E-state index contributed by atoms with van der Waals surface area (Å²) in [7, 11) is 0. The lowest BCUT2D eigenvalue weighted by atomic mass is 9.42. The Labute approximate surface area is 398 Å². The Balaban J connectivity index is 1.16. The van der Waals surface area contributed by atoms with Crippen LogP contribution in [0.3, 0.4) is 0 Å². The van der Waals surface area contributed by atoms with E-state index in [4.69, 9.17) is 0 Å². The third-order valence-corrected chi connectivity index (χ3v) is 16.8. The lowest BCUT2D eigenvalue weighted by molar-refractivity contribution is 0.630. The Morgan fingerprint density at radius 3 is 1.59 bits per heavy atom. The van der Waals surface area contributed by atoms with Crippen LogP contribution in [-0.2, 0) is 16.2 Å². The standard InChI is InChI=1S/C63H49BN4/c1-61(2)44-26-13-16-32-51(44)66(52-33-17-14-27-45(52)61)54-37-42-43-35-40(65(38-21-9-7-10-22-38)39-23-11-8-12-24-39)36-49-58(43)68(53-34-18-15-28-46(53)62(49,3)4)64-50-31-20-30-48-59(50)67-57-41(55(54)60(67)56(42)64)25-19-29-47(57)63(48,5)6/h7-37H,1-6H3. The molecule has 0 unspecified atom stereocenters. The van der Waals surface area contributed by atoms with Crippen molar-refractivity contribution >= 4 is 85.1 Å². The largest absolute Gasteiger partial charge is 0.376 e. The quantitative estimate of drug-likeness (QED) is 0.164. The summed E-state index contributed by atoms with van der Waals surface area (Å²) < 4.78 is 2.72. The third kappa shape index (κ3) is 4.53. The SMILES string of the molecule is CC1(C)c2ccccc2N(c2cc3c4c5c2c2cccc6c2n5-c2c(cccc2C6(C)C)B4N2c4ccccc4C(C)(C)c4cc(N(c5ccccc5)c5ccccc5)cc-3c42)c2ccccc21. The summed E-state index contributed by atoms with van der Waals surface area (Å²) >= 11 is 0. The van der Waals surface area contributed by atoms with Gasteiger partial charge in [-0.2, -0.15) is 0 Å². The molecule has 0 radical (unpaired) electrons. The average molecular weight is 873 g/mol. The maximum Gasteiger partial charge on any atom is 0.333 e. The molecule has 0 saturated carbocycles. The van der Waals surface area contributed by atoms with Gasteiger partial charge in [0.15, 0.2) is 0 Å². The molecule has 0 N–H and O–H groups in total. The lowest BCUT2D eigenvalue weighted by Gasteiger charge is -2.51. The minimum Gasteiger partial charge on any atom is -0.376 e. The molecule has 10 aromatic rings. The van der Waals surface area contributed by atoms with Gasteiger partial charge >= 0.3 is 6.85 Å². The van der Waals surface area contributed by atoms with E-state index in [0.717, 1.165) is 17.1 Å². The Morgan fingerprint density at radius 2 is 0.926 bits per heavy atom. The molecule has 0 atom stereocenters. The predicted molar refractivity (Wildman–Crippen MR) is 286 cm³/mol. The molecule has 324 valence electrons. The smallest absolute Gasteiger partial charge is 0.333 e. The number of hydrogen-bond acceptors (Lipinski definition) is 3.